The molecule has 0 radical (unpaired) electrons. The van der Waals surface area contributed by atoms with Crippen LogP contribution in [0.2, 0.25) is 0 Å². The van der Waals surface area contributed by atoms with E-state index in [1.165, 1.54) is 0 Å². The molecule has 28 heavy (non-hydrogen) atoms. The summed E-state index contributed by atoms with van der Waals surface area (Å²) in [5.74, 6) is 0.0988. The normalized spacial score (nSPS) is 14.9. The number of pyridine rings is 1. The highest BCUT2D eigenvalue weighted by Crippen LogP contribution is 2.28. The summed E-state index contributed by atoms with van der Waals surface area (Å²) in [5, 5.41) is 5.48. The Morgan fingerprint density at radius 3 is 2.71 bits per heavy atom. The maximum absolute atomic E-state index is 13.1. The number of likely N-dealkylation sites (N-methyl/N-ethyl adjacent to an activating group) is 1. The molecule has 8 nitrogen and oxygen atoms in total. The number of aromatic nitrogens is 3. The number of carbonyl (C=O) groups is 2. The van der Waals surface area contributed by atoms with Crippen molar-refractivity contribution < 1.29 is 14.3 Å². The van der Waals surface area contributed by atoms with E-state index in [2.05, 4.69) is 20.6 Å². The molecule has 0 unspecified atom stereocenters. The topological polar surface area (TPSA) is 98.1 Å². The van der Waals surface area contributed by atoms with Crippen LogP contribution in [-0.4, -0.2) is 46.0 Å². The third kappa shape index (κ3) is 3.77. The maximum Gasteiger partial charge on any atom is 0.272 e. The molecule has 1 atom stereocenters. The van der Waals surface area contributed by atoms with Gasteiger partial charge in [-0.2, -0.15) is 0 Å². The van der Waals surface area contributed by atoms with E-state index in [0.29, 0.717) is 25.5 Å². The van der Waals surface area contributed by atoms with Gasteiger partial charge < -0.3 is 19.9 Å². The Morgan fingerprint density at radius 1 is 1.32 bits per heavy atom. The molecule has 1 aliphatic heterocycles. The summed E-state index contributed by atoms with van der Waals surface area (Å²) in [6.07, 6.45) is 3.49. The molecule has 0 aliphatic carbocycles. The average Bonchev–Trinajstić information content (AvgIpc) is 3.04. The molecule has 2 aromatic heterocycles. The zero-order valence-corrected chi connectivity index (χ0v) is 17.0. The predicted octanol–water partition coefficient (Wildman–Crippen LogP) is 1.67. The fraction of sp³-hybridized carbons (Fsp3) is 0.500. The predicted molar refractivity (Wildman–Crippen MR) is 105 cm³/mol. The third-order valence-corrected chi connectivity index (χ3v) is 4.90. The second kappa shape index (κ2) is 7.71. The number of nitrogens with zero attached hydrogens (tertiary/aromatic N) is 3. The molecule has 2 N–H and O–H groups in total. The van der Waals surface area contributed by atoms with E-state index in [0.717, 1.165) is 22.6 Å². The summed E-state index contributed by atoms with van der Waals surface area (Å²) in [6.45, 7) is 9.17. The van der Waals surface area contributed by atoms with E-state index in [-0.39, 0.29) is 11.8 Å². The minimum absolute atomic E-state index is 0.240. The van der Waals surface area contributed by atoms with Crippen LogP contribution < -0.4 is 10.6 Å². The van der Waals surface area contributed by atoms with Crippen LogP contribution in [0.25, 0.3) is 11.4 Å². The Labute approximate surface area is 164 Å². The quantitative estimate of drug-likeness (QED) is 0.834. The van der Waals surface area contributed by atoms with E-state index in [4.69, 9.17) is 4.74 Å². The van der Waals surface area contributed by atoms with Crippen molar-refractivity contribution >= 4 is 11.8 Å². The van der Waals surface area contributed by atoms with Gasteiger partial charge in [-0.1, -0.05) is 20.8 Å². The number of hydrogen-bond acceptors (Lipinski definition) is 5. The molecule has 0 fully saturated rings. The summed E-state index contributed by atoms with van der Waals surface area (Å²) in [4.78, 5) is 34.2. The molecule has 3 rings (SSSR count). The highest BCUT2D eigenvalue weighted by atomic mass is 16.5. The van der Waals surface area contributed by atoms with Gasteiger partial charge in [0.15, 0.2) is 5.69 Å². The van der Waals surface area contributed by atoms with Gasteiger partial charge >= 0.3 is 0 Å². The first-order chi connectivity index (χ1) is 13.2. The summed E-state index contributed by atoms with van der Waals surface area (Å²) < 4.78 is 7.60. The lowest BCUT2D eigenvalue weighted by atomic mass is 9.86. The summed E-state index contributed by atoms with van der Waals surface area (Å²) >= 11 is 0. The molecule has 2 aromatic rings. The fourth-order valence-electron chi connectivity index (χ4n) is 3.33. The molecule has 150 valence electrons. The Bertz CT molecular complexity index is 898. The molecule has 1 aliphatic rings. The van der Waals surface area contributed by atoms with Crippen LogP contribution in [0.4, 0.5) is 0 Å². The molecule has 0 saturated heterocycles. The van der Waals surface area contributed by atoms with E-state index >= 15 is 0 Å². The zero-order chi connectivity index (χ0) is 20.5. The number of amides is 2. The van der Waals surface area contributed by atoms with Gasteiger partial charge in [0, 0.05) is 31.5 Å². The van der Waals surface area contributed by atoms with Crippen molar-refractivity contribution in [2.75, 3.05) is 13.7 Å². The van der Waals surface area contributed by atoms with E-state index in [1.54, 1.807) is 19.4 Å². The molecule has 8 heteroatoms. The number of rotatable bonds is 4. The van der Waals surface area contributed by atoms with Crippen molar-refractivity contribution in [1.29, 1.82) is 0 Å². The first-order valence-corrected chi connectivity index (χ1v) is 9.34. The van der Waals surface area contributed by atoms with Gasteiger partial charge in [0.05, 0.1) is 18.9 Å². The van der Waals surface area contributed by atoms with Gasteiger partial charge in [-0.25, -0.2) is 4.98 Å². The number of imidazole rings is 1. The van der Waals surface area contributed by atoms with Gasteiger partial charge in [0.25, 0.3) is 5.91 Å². The lowest BCUT2D eigenvalue weighted by molar-refractivity contribution is -0.124. The van der Waals surface area contributed by atoms with E-state index in [9.17, 15) is 9.59 Å². The molecule has 2 amide bonds. The number of aryl methyl sites for hydroxylation is 1. The molecule has 0 aromatic carbocycles. The van der Waals surface area contributed by atoms with Crippen LogP contribution >= 0.6 is 0 Å². The lowest BCUT2D eigenvalue weighted by Gasteiger charge is -2.29. The number of hydrogen-bond donors (Lipinski definition) is 2. The molecular formula is C20H27N5O3. The SMILES string of the molecule is CNC(=O)[C@@H](NC(=O)c1nc(-c2ccncc2C)n2c1COCC2)C(C)(C)C. The molecule has 0 bridgehead atoms. The van der Waals surface area contributed by atoms with Crippen molar-refractivity contribution in [3.8, 4) is 11.4 Å². The molecule has 0 spiro atoms. The molecule has 0 saturated carbocycles. The van der Waals surface area contributed by atoms with Crippen molar-refractivity contribution in [2.45, 2.75) is 46.9 Å². The average molecular weight is 385 g/mol. The Morgan fingerprint density at radius 2 is 2.07 bits per heavy atom. The van der Waals surface area contributed by atoms with Crippen LogP contribution in [0.3, 0.4) is 0 Å². The first kappa shape index (κ1) is 20.0. The largest absolute Gasteiger partial charge is 0.373 e. The van der Waals surface area contributed by atoms with Crippen molar-refractivity contribution in [3.05, 3.63) is 35.4 Å². The highest BCUT2D eigenvalue weighted by Gasteiger charge is 2.34. The van der Waals surface area contributed by atoms with Crippen LogP contribution in [0.15, 0.2) is 18.5 Å². The van der Waals surface area contributed by atoms with Crippen LogP contribution in [0, 0.1) is 12.3 Å². The summed E-state index contributed by atoms with van der Waals surface area (Å²) in [7, 11) is 1.56. The van der Waals surface area contributed by atoms with Gasteiger partial charge in [-0.15, -0.1) is 0 Å². The standard InChI is InChI=1S/C20H27N5O3/c1-12-10-22-7-6-13(12)17-23-15(14-11-28-9-8-25(14)17)18(26)24-16(19(27)21-5)20(2,3)4/h6-7,10,16H,8-9,11H2,1-5H3,(H,21,27)(H,24,26)/t16-/m1/s1. The number of nitrogens with one attached hydrogen (secondary N) is 2. The maximum atomic E-state index is 13.1. The Hall–Kier alpha value is -2.74. The van der Waals surface area contributed by atoms with Crippen molar-refractivity contribution in [3.63, 3.8) is 0 Å². The van der Waals surface area contributed by atoms with Crippen LogP contribution in [0.5, 0.6) is 0 Å². The second-order valence-electron chi connectivity index (χ2n) is 8.01. The van der Waals surface area contributed by atoms with E-state index < -0.39 is 11.5 Å². The lowest BCUT2D eigenvalue weighted by Crippen LogP contribution is -2.53. The highest BCUT2D eigenvalue weighted by molar-refractivity contribution is 5.97. The smallest absolute Gasteiger partial charge is 0.272 e. The first-order valence-electron chi connectivity index (χ1n) is 9.34. The van der Waals surface area contributed by atoms with Gasteiger partial charge in [-0.05, 0) is 24.0 Å². The Balaban J connectivity index is 2.01. The Kier molecular flexibility index (Phi) is 5.51. The number of fused-ring (bicyclic) bond motifs is 1. The van der Waals surface area contributed by atoms with Gasteiger partial charge in [-0.3, -0.25) is 14.6 Å². The van der Waals surface area contributed by atoms with Gasteiger partial charge in [0.2, 0.25) is 5.91 Å². The second-order valence-corrected chi connectivity index (χ2v) is 8.01. The summed E-state index contributed by atoms with van der Waals surface area (Å²) in [6, 6.07) is 1.21. The fourth-order valence-corrected chi connectivity index (χ4v) is 3.33. The minimum atomic E-state index is -0.682. The number of carbonyl (C=O) groups excluding carboxylic acids is 2. The van der Waals surface area contributed by atoms with Gasteiger partial charge in [0.1, 0.15) is 11.9 Å². The molecule has 3 heterocycles. The number of ether oxygens (including phenoxy) is 1. The minimum Gasteiger partial charge on any atom is -0.373 e. The molecular weight excluding hydrogens is 358 g/mol. The summed E-state index contributed by atoms with van der Waals surface area (Å²) in [5.41, 5.74) is 2.47. The van der Waals surface area contributed by atoms with E-state index in [1.807, 2.05) is 38.3 Å². The van der Waals surface area contributed by atoms with Crippen molar-refractivity contribution in [1.82, 2.24) is 25.2 Å². The van der Waals surface area contributed by atoms with Crippen molar-refractivity contribution in [2.24, 2.45) is 5.41 Å². The monoisotopic (exact) mass is 385 g/mol. The zero-order valence-electron chi connectivity index (χ0n) is 17.0. The third-order valence-electron chi connectivity index (χ3n) is 4.90. The van der Waals surface area contributed by atoms with Crippen LogP contribution in [-0.2, 0) is 22.7 Å². The van der Waals surface area contributed by atoms with Crippen LogP contribution in [0.1, 0.15) is 42.5 Å².